The van der Waals surface area contributed by atoms with Gasteiger partial charge in [0.05, 0.1) is 26.2 Å². The molecule has 0 aliphatic heterocycles. The van der Waals surface area contributed by atoms with E-state index < -0.39 is 10.0 Å². The summed E-state index contributed by atoms with van der Waals surface area (Å²) in [6.45, 7) is 6.40. The van der Waals surface area contributed by atoms with E-state index in [9.17, 15) is 13.2 Å². The summed E-state index contributed by atoms with van der Waals surface area (Å²) in [4.78, 5) is 17.2. The predicted octanol–water partition coefficient (Wildman–Crippen LogP) is 4.14. The molecule has 2 aromatic carbocycles. The molecule has 3 aromatic rings. The molecule has 1 aromatic heterocycles. The van der Waals surface area contributed by atoms with Crippen molar-refractivity contribution >= 4 is 37.5 Å². The number of carbonyl (C=O) groups is 1. The summed E-state index contributed by atoms with van der Waals surface area (Å²) in [5, 5.41) is 3.93. The Labute approximate surface area is 182 Å². The van der Waals surface area contributed by atoms with Crippen LogP contribution in [0.2, 0.25) is 0 Å². The quantitative estimate of drug-likeness (QED) is 0.537. The molecule has 0 aliphatic carbocycles. The number of aromatic nitrogens is 1. The second-order valence-electron chi connectivity index (χ2n) is 7.02. The molecule has 1 atom stereocenters. The van der Waals surface area contributed by atoms with Crippen molar-refractivity contribution in [2.24, 2.45) is 0 Å². The Morgan fingerprint density at radius 2 is 1.77 bits per heavy atom. The van der Waals surface area contributed by atoms with E-state index in [4.69, 9.17) is 0 Å². The average molecular weight is 446 g/mol. The van der Waals surface area contributed by atoms with Crippen LogP contribution in [0.5, 0.6) is 0 Å². The largest absolute Gasteiger partial charge is 0.350 e. The number of hydrogen-bond donors (Lipinski definition) is 1. The summed E-state index contributed by atoms with van der Waals surface area (Å²) in [6.07, 6.45) is 0.956. The van der Waals surface area contributed by atoms with Gasteiger partial charge < -0.3 is 5.32 Å². The molecule has 0 fully saturated rings. The number of sulfonamides is 1. The topological polar surface area (TPSA) is 79.4 Å². The Bertz CT molecular complexity index is 1070. The van der Waals surface area contributed by atoms with Crippen molar-refractivity contribution in [1.29, 1.82) is 0 Å². The molecule has 3 rings (SSSR count). The van der Waals surface area contributed by atoms with E-state index in [0.29, 0.717) is 25.9 Å². The minimum absolute atomic E-state index is 0.0541. The first-order valence-corrected chi connectivity index (χ1v) is 12.3. The zero-order chi connectivity index (χ0) is 21.7. The molecule has 160 valence electrons. The lowest BCUT2D eigenvalue weighted by Gasteiger charge is -2.19. The normalized spacial score (nSPS) is 12.9. The summed E-state index contributed by atoms with van der Waals surface area (Å²) < 4.78 is 27.7. The van der Waals surface area contributed by atoms with Crippen LogP contribution < -0.4 is 5.32 Å². The summed E-state index contributed by atoms with van der Waals surface area (Å²) in [7, 11) is -3.48. The van der Waals surface area contributed by atoms with E-state index in [-0.39, 0.29) is 16.8 Å². The number of fused-ring (bicyclic) bond motifs is 1. The predicted molar refractivity (Wildman–Crippen MR) is 121 cm³/mol. The van der Waals surface area contributed by atoms with Gasteiger partial charge in [-0.3, -0.25) is 4.79 Å². The van der Waals surface area contributed by atoms with Crippen LogP contribution in [-0.2, 0) is 21.2 Å². The Hall–Kier alpha value is -2.29. The number of para-hydroxylation sites is 1. The Morgan fingerprint density at radius 1 is 1.10 bits per heavy atom. The molecule has 0 saturated carbocycles. The van der Waals surface area contributed by atoms with Crippen molar-refractivity contribution in [1.82, 2.24) is 14.6 Å². The summed E-state index contributed by atoms with van der Waals surface area (Å²) in [5.74, 6) is -0.0541. The highest BCUT2D eigenvalue weighted by Gasteiger charge is 2.21. The maximum atomic E-state index is 12.6. The van der Waals surface area contributed by atoms with Gasteiger partial charge in [0, 0.05) is 25.9 Å². The first-order valence-electron chi connectivity index (χ1n) is 10.1. The lowest BCUT2D eigenvalue weighted by molar-refractivity contribution is -0.121. The second kappa shape index (κ2) is 9.68. The Morgan fingerprint density at radius 3 is 2.40 bits per heavy atom. The molecule has 1 unspecified atom stereocenters. The number of aryl methyl sites for hydroxylation is 1. The van der Waals surface area contributed by atoms with Gasteiger partial charge in [0.15, 0.2) is 0 Å². The van der Waals surface area contributed by atoms with Crippen LogP contribution in [0.25, 0.3) is 10.2 Å². The van der Waals surface area contributed by atoms with E-state index >= 15 is 0 Å². The lowest BCUT2D eigenvalue weighted by Crippen LogP contribution is -2.30. The number of nitrogens with one attached hydrogen (secondary N) is 1. The number of nitrogens with zero attached hydrogens (tertiary/aromatic N) is 2. The Balaban J connectivity index is 1.58. The van der Waals surface area contributed by atoms with Crippen LogP contribution >= 0.6 is 11.3 Å². The van der Waals surface area contributed by atoms with Gasteiger partial charge in [0.2, 0.25) is 15.9 Å². The molecule has 6 nitrogen and oxygen atoms in total. The van der Waals surface area contributed by atoms with E-state index in [2.05, 4.69) is 10.3 Å². The lowest BCUT2D eigenvalue weighted by atomic mass is 10.1. The van der Waals surface area contributed by atoms with Gasteiger partial charge in [-0.1, -0.05) is 38.1 Å². The van der Waals surface area contributed by atoms with Crippen LogP contribution in [0, 0.1) is 0 Å². The number of thiazole rings is 1. The zero-order valence-electron chi connectivity index (χ0n) is 17.5. The third-order valence-electron chi connectivity index (χ3n) is 5.00. The molecule has 0 radical (unpaired) electrons. The van der Waals surface area contributed by atoms with Crippen molar-refractivity contribution in [3.63, 3.8) is 0 Å². The van der Waals surface area contributed by atoms with Gasteiger partial charge in [-0.2, -0.15) is 4.31 Å². The zero-order valence-corrected chi connectivity index (χ0v) is 19.1. The SMILES string of the molecule is CCN(CC)S(=O)(=O)c1ccc(C(C)NC(=O)CCc2nc3ccccc3s2)cc1. The maximum absolute atomic E-state index is 12.6. The summed E-state index contributed by atoms with van der Waals surface area (Å²) in [6, 6.07) is 14.5. The van der Waals surface area contributed by atoms with Crippen LogP contribution in [0.4, 0.5) is 0 Å². The van der Waals surface area contributed by atoms with Crippen LogP contribution in [0.15, 0.2) is 53.4 Å². The first kappa shape index (κ1) is 22.4. The number of amides is 1. The highest BCUT2D eigenvalue weighted by Crippen LogP contribution is 2.23. The minimum atomic E-state index is -3.48. The highest BCUT2D eigenvalue weighted by molar-refractivity contribution is 7.89. The van der Waals surface area contributed by atoms with Crippen molar-refractivity contribution in [2.45, 2.75) is 44.6 Å². The fourth-order valence-electron chi connectivity index (χ4n) is 3.29. The smallest absolute Gasteiger partial charge is 0.243 e. The fraction of sp³-hybridized carbons (Fsp3) is 0.364. The summed E-state index contributed by atoms with van der Waals surface area (Å²) >= 11 is 1.61. The first-order chi connectivity index (χ1) is 14.3. The molecular weight excluding hydrogens is 418 g/mol. The Kier molecular flexibility index (Phi) is 7.23. The average Bonchev–Trinajstić information content (AvgIpc) is 3.16. The summed E-state index contributed by atoms with van der Waals surface area (Å²) in [5.41, 5.74) is 1.83. The van der Waals surface area contributed by atoms with Crippen LogP contribution in [-0.4, -0.2) is 36.7 Å². The molecule has 0 spiro atoms. The van der Waals surface area contributed by atoms with Gasteiger partial charge in [-0.15, -0.1) is 11.3 Å². The second-order valence-corrected chi connectivity index (χ2v) is 10.1. The van der Waals surface area contributed by atoms with E-state index in [0.717, 1.165) is 20.8 Å². The van der Waals surface area contributed by atoms with Gasteiger partial charge in [0.25, 0.3) is 0 Å². The monoisotopic (exact) mass is 445 g/mol. The molecular formula is C22H27N3O3S2. The third kappa shape index (κ3) is 5.06. The van der Waals surface area contributed by atoms with Crippen LogP contribution in [0.1, 0.15) is 43.8 Å². The fourth-order valence-corrected chi connectivity index (χ4v) is 5.71. The van der Waals surface area contributed by atoms with E-state index in [1.807, 2.05) is 45.0 Å². The van der Waals surface area contributed by atoms with E-state index in [1.165, 1.54) is 4.31 Å². The minimum Gasteiger partial charge on any atom is -0.350 e. The molecule has 1 N–H and O–H groups in total. The molecule has 30 heavy (non-hydrogen) atoms. The van der Waals surface area contributed by atoms with Gasteiger partial charge in [0.1, 0.15) is 0 Å². The number of hydrogen-bond acceptors (Lipinski definition) is 5. The standard InChI is InChI=1S/C22H27N3O3S2/c1-4-25(5-2)30(27,28)18-12-10-17(11-13-18)16(3)23-21(26)14-15-22-24-19-8-6-7-9-20(19)29-22/h6-13,16H,4-5,14-15H2,1-3H3,(H,23,26). The third-order valence-corrected chi connectivity index (χ3v) is 8.17. The van der Waals surface area contributed by atoms with Gasteiger partial charge >= 0.3 is 0 Å². The molecule has 8 heteroatoms. The molecule has 0 saturated heterocycles. The van der Waals surface area contributed by atoms with Gasteiger partial charge in [-0.05, 0) is 36.8 Å². The number of benzene rings is 2. The number of rotatable bonds is 9. The van der Waals surface area contributed by atoms with Crippen molar-refractivity contribution in [3.8, 4) is 0 Å². The van der Waals surface area contributed by atoms with Crippen molar-refractivity contribution in [2.75, 3.05) is 13.1 Å². The molecule has 1 amide bonds. The molecule has 1 heterocycles. The highest BCUT2D eigenvalue weighted by atomic mass is 32.2. The van der Waals surface area contributed by atoms with Crippen molar-refractivity contribution in [3.05, 3.63) is 59.1 Å². The molecule has 0 aliphatic rings. The van der Waals surface area contributed by atoms with Crippen molar-refractivity contribution < 1.29 is 13.2 Å². The molecule has 0 bridgehead atoms. The van der Waals surface area contributed by atoms with E-state index in [1.54, 1.807) is 35.6 Å². The van der Waals surface area contributed by atoms with Gasteiger partial charge in [-0.25, -0.2) is 13.4 Å². The maximum Gasteiger partial charge on any atom is 0.243 e. The van der Waals surface area contributed by atoms with Crippen LogP contribution in [0.3, 0.4) is 0 Å². The number of carbonyl (C=O) groups excluding carboxylic acids is 1.